The van der Waals surface area contributed by atoms with Gasteiger partial charge in [0, 0.05) is 32.7 Å². The molecule has 1 rings (SSSR count). The van der Waals surface area contributed by atoms with Crippen molar-refractivity contribution in [3.05, 3.63) is 0 Å². The van der Waals surface area contributed by atoms with Gasteiger partial charge < -0.3 is 20.9 Å². The molecule has 0 aliphatic carbocycles. The highest BCUT2D eigenvalue weighted by Crippen LogP contribution is 2.16. The van der Waals surface area contributed by atoms with Gasteiger partial charge in [0.05, 0.1) is 6.61 Å². The standard InChI is InChI=1S/C7H16N2O2/c8-2-3-9-5-7(10)1-4-11-6-7/h9-10H,1-6,8H2. The van der Waals surface area contributed by atoms with Gasteiger partial charge in [-0.15, -0.1) is 0 Å². The maximum absolute atomic E-state index is 9.69. The molecule has 0 aromatic heterocycles. The monoisotopic (exact) mass is 160 g/mol. The maximum Gasteiger partial charge on any atom is 0.102 e. The predicted octanol–water partition coefficient (Wildman–Crippen LogP) is -1.31. The lowest BCUT2D eigenvalue weighted by Gasteiger charge is -2.20. The SMILES string of the molecule is NCCNCC1(O)CCOC1. The molecule has 1 saturated heterocycles. The van der Waals surface area contributed by atoms with Crippen molar-refractivity contribution >= 4 is 0 Å². The molecule has 1 atom stereocenters. The van der Waals surface area contributed by atoms with E-state index < -0.39 is 5.60 Å². The highest BCUT2D eigenvalue weighted by molar-refractivity contribution is 4.84. The van der Waals surface area contributed by atoms with E-state index in [1.165, 1.54) is 0 Å². The summed E-state index contributed by atoms with van der Waals surface area (Å²) in [5, 5.41) is 12.8. The summed E-state index contributed by atoms with van der Waals surface area (Å²) in [4.78, 5) is 0. The number of hydrogen-bond donors (Lipinski definition) is 3. The molecule has 4 nitrogen and oxygen atoms in total. The third kappa shape index (κ3) is 2.75. The number of hydrogen-bond acceptors (Lipinski definition) is 4. The molecule has 0 aromatic rings. The fraction of sp³-hybridized carbons (Fsp3) is 1.00. The summed E-state index contributed by atoms with van der Waals surface area (Å²) in [5.74, 6) is 0. The van der Waals surface area contributed by atoms with Gasteiger partial charge in [0.15, 0.2) is 0 Å². The third-order valence-electron chi connectivity index (χ3n) is 1.86. The Morgan fingerprint density at radius 2 is 2.45 bits per heavy atom. The molecule has 4 heteroatoms. The van der Waals surface area contributed by atoms with Crippen LogP contribution in [-0.2, 0) is 4.74 Å². The van der Waals surface area contributed by atoms with Gasteiger partial charge in [-0.3, -0.25) is 0 Å². The average Bonchev–Trinajstić information content (AvgIpc) is 2.38. The van der Waals surface area contributed by atoms with Gasteiger partial charge in [-0.25, -0.2) is 0 Å². The van der Waals surface area contributed by atoms with Crippen LogP contribution >= 0.6 is 0 Å². The molecule has 1 aliphatic rings. The van der Waals surface area contributed by atoms with Crippen molar-refractivity contribution in [3.8, 4) is 0 Å². The number of nitrogens with one attached hydrogen (secondary N) is 1. The Labute approximate surface area is 66.7 Å². The zero-order chi connectivity index (χ0) is 8.16. The fourth-order valence-corrected chi connectivity index (χ4v) is 1.16. The van der Waals surface area contributed by atoms with Crippen molar-refractivity contribution < 1.29 is 9.84 Å². The van der Waals surface area contributed by atoms with Gasteiger partial charge in [-0.2, -0.15) is 0 Å². The molecular weight excluding hydrogens is 144 g/mol. The quantitative estimate of drug-likeness (QED) is 0.446. The highest BCUT2D eigenvalue weighted by Gasteiger charge is 2.31. The van der Waals surface area contributed by atoms with Crippen LogP contribution in [0.2, 0.25) is 0 Å². The van der Waals surface area contributed by atoms with Gasteiger partial charge in [-0.05, 0) is 0 Å². The Kier molecular flexibility index (Phi) is 3.26. The van der Waals surface area contributed by atoms with Crippen molar-refractivity contribution in [1.82, 2.24) is 5.32 Å². The lowest BCUT2D eigenvalue weighted by Crippen LogP contribution is -2.42. The van der Waals surface area contributed by atoms with E-state index in [1.54, 1.807) is 0 Å². The molecule has 0 bridgehead atoms. The van der Waals surface area contributed by atoms with Crippen LogP contribution in [-0.4, -0.2) is 43.6 Å². The third-order valence-corrected chi connectivity index (χ3v) is 1.86. The minimum Gasteiger partial charge on any atom is -0.386 e. The van der Waals surface area contributed by atoms with Gasteiger partial charge in [0.2, 0.25) is 0 Å². The second-order valence-corrected chi connectivity index (χ2v) is 2.99. The van der Waals surface area contributed by atoms with Crippen molar-refractivity contribution in [2.45, 2.75) is 12.0 Å². The van der Waals surface area contributed by atoms with E-state index in [1.807, 2.05) is 0 Å². The Bertz CT molecular complexity index is 113. The number of rotatable bonds is 4. The first-order valence-electron chi connectivity index (χ1n) is 3.98. The first-order valence-corrected chi connectivity index (χ1v) is 3.98. The largest absolute Gasteiger partial charge is 0.386 e. The summed E-state index contributed by atoms with van der Waals surface area (Å²) >= 11 is 0. The lowest BCUT2D eigenvalue weighted by atomic mass is 10.0. The Hall–Kier alpha value is -0.160. The summed E-state index contributed by atoms with van der Waals surface area (Å²) in [6.45, 7) is 3.06. The lowest BCUT2D eigenvalue weighted by molar-refractivity contribution is 0.0274. The van der Waals surface area contributed by atoms with Crippen molar-refractivity contribution in [3.63, 3.8) is 0 Å². The topological polar surface area (TPSA) is 67.5 Å². The van der Waals surface area contributed by atoms with E-state index in [4.69, 9.17) is 10.5 Å². The molecular formula is C7H16N2O2. The number of nitrogens with two attached hydrogens (primary N) is 1. The Morgan fingerprint density at radius 1 is 1.64 bits per heavy atom. The van der Waals surface area contributed by atoms with Crippen LogP contribution < -0.4 is 11.1 Å². The van der Waals surface area contributed by atoms with Gasteiger partial charge in [0.1, 0.15) is 5.60 Å². The van der Waals surface area contributed by atoms with Gasteiger partial charge >= 0.3 is 0 Å². The Morgan fingerprint density at radius 3 is 3.00 bits per heavy atom. The Balaban J connectivity index is 2.13. The first kappa shape index (κ1) is 8.93. The molecule has 0 aromatic carbocycles. The fourth-order valence-electron chi connectivity index (χ4n) is 1.16. The first-order chi connectivity index (χ1) is 5.27. The smallest absolute Gasteiger partial charge is 0.102 e. The molecule has 1 fully saturated rings. The maximum atomic E-state index is 9.69. The molecule has 0 saturated carbocycles. The average molecular weight is 160 g/mol. The molecule has 4 N–H and O–H groups in total. The molecule has 1 heterocycles. The number of ether oxygens (including phenoxy) is 1. The van der Waals surface area contributed by atoms with E-state index >= 15 is 0 Å². The van der Waals surface area contributed by atoms with E-state index in [0.29, 0.717) is 26.3 Å². The van der Waals surface area contributed by atoms with E-state index in [9.17, 15) is 5.11 Å². The predicted molar refractivity (Wildman–Crippen MR) is 42.3 cm³/mol. The molecule has 0 radical (unpaired) electrons. The van der Waals surface area contributed by atoms with Gasteiger partial charge in [-0.1, -0.05) is 0 Å². The van der Waals surface area contributed by atoms with Crippen LogP contribution in [0.25, 0.3) is 0 Å². The summed E-state index contributed by atoms with van der Waals surface area (Å²) < 4.78 is 5.07. The minimum atomic E-state index is -0.644. The highest BCUT2D eigenvalue weighted by atomic mass is 16.5. The van der Waals surface area contributed by atoms with Crippen LogP contribution in [0.5, 0.6) is 0 Å². The summed E-state index contributed by atoms with van der Waals surface area (Å²) in [7, 11) is 0. The zero-order valence-electron chi connectivity index (χ0n) is 6.68. The molecule has 0 amide bonds. The second kappa shape index (κ2) is 4.01. The van der Waals surface area contributed by atoms with Crippen LogP contribution in [0.4, 0.5) is 0 Å². The van der Waals surface area contributed by atoms with E-state index in [2.05, 4.69) is 5.32 Å². The van der Waals surface area contributed by atoms with Crippen molar-refractivity contribution in [2.75, 3.05) is 32.8 Å². The van der Waals surface area contributed by atoms with E-state index in [-0.39, 0.29) is 0 Å². The molecule has 11 heavy (non-hydrogen) atoms. The normalized spacial score (nSPS) is 31.1. The van der Waals surface area contributed by atoms with Crippen molar-refractivity contribution in [1.29, 1.82) is 0 Å². The van der Waals surface area contributed by atoms with Gasteiger partial charge in [0.25, 0.3) is 0 Å². The summed E-state index contributed by atoms with van der Waals surface area (Å²) in [5.41, 5.74) is 4.64. The van der Waals surface area contributed by atoms with Crippen molar-refractivity contribution in [2.24, 2.45) is 5.73 Å². The zero-order valence-corrected chi connectivity index (χ0v) is 6.68. The van der Waals surface area contributed by atoms with Crippen LogP contribution in [0.15, 0.2) is 0 Å². The molecule has 66 valence electrons. The summed E-state index contributed by atoms with van der Waals surface area (Å²) in [6.07, 6.45) is 0.727. The van der Waals surface area contributed by atoms with Crippen LogP contribution in [0.1, 0.15) is 6.42 Å². The van der Waals surface area contributed by atoms with Crippen LogP contribution in [0.3, 0.4) is 0 Å². The summed E-state index contributed by atoms with van der Waals surface area (Å²) in [6, 6.07) is 0. The number of aliphatic hydroxyl groups is 1. The van der Waals surface area contributed by atoms with Crippen LogP contribution in [0, 0.1) is 0 Å². The molecule has 0 spiro atoms. The molecule has 1 unspecified atom stereocenters. The van der Waals surface area contributed by atoms with E-state index in [0.717, 1.165) is 13.0 Å². The second-order valence-electron chi connectivity index (χ2n) is 2.99. The molecule has 1 aliphatic heterocycles. The minimum absolute atomic E-state index is 0.449.